The zero-order chi connectivity index (χ0) is 21.5. The van der Waals surface area contributed by atoms with Crippen molar-refractivity contribution in [1.82, 2.24) is 0 Å². The molecular formula is C24H18BrIN2O2. The van der Waals surface area contributed by atoms with Crippen molar-refractivity contribution in [3.63, 3.8) is 0 Å². The van der Waals surface area contributed by atoms with Crippen LogP contribution in [0.25, 0.3) is 6.08 Å². The Balaban J connectivity index is 1.79. The normalized spacial score (nSPS) is 10.9. The van der Waals surface area contributed by atoms with E-state index in [0.717, 1.165) is 30.5 Å². The van der Waals surface area contributed by atoms with E-state index in [1.165, 1.54) is 0 Å². The quantitative estimate of drug-likeness (QED) is 0.209. The van der Waals surface area contributed by atoms with Crippen LogP contribution in [-0.2, 0) is 11.4 Å². The standard InChI is InChI=1S/C24H18BrIN2O2/c1-16-7-5-6-10-22(16)28-24(29)19(14-27)11-18-12-20(25)23(21(26)13-18)30-15-17-8-3-2-4-9-17/h2-13H,15H2,1H3,(H,28,29)/b19-11-. The highest BCUT2D eigenvalue weighted by Gasteiger charge is 2.13. The molecule has 0 aliphatic rings. The molecule has 0 radical (unpaired) electrons. The van der Waals surface area contributed by atoms with Crippen LogP contribution < -0.4 is 10.1 Å². The van der Waals surface area contributed by atoms with Gasteiger partial charge < -0.3 is 10.1 Å². The number of para-hydroxylation sites is 1. The zero-order valence-electron chi connectivity index (χ0n) is 16.2. The molecule has 0 saturated heterocycles. The summed E-state index contributed by atoms with van der Waals surface area (Å²) >= 11 is 5.73. The van der Waals surface area contributed by atoms with Crippen molar-refractivity contribution in [2.45, 2.75) is 13.5 Å². The van der Waals surface area contributed by atoms with Gasteiger partial charge in [0.15, 0.2) is 0 Å². The number of nitriles is 1. The Morgan fingerprint density at radius 3 is 2.53 bits per heavy atom. The first-order valence-electron chi connectivity index (χ1n) is 9.12. The van der Waals surface area contributed by atoms with Crippen LogP contribution in [0.1, 0.15) is 16.7 Å². The number of amides is 1. The third kappa shape index (κ3) is 5.71. The first kappa shape index (κ1) is 22.1. The fourth-order valence-corrected chi connectivity index (χ4v) is 4.52. The number of rotatable bonds is 6. The topological polar surface area (TPSA) is 62.1 Å². The molecule has 0 atom stereocenters. The zero-order valence-corrected chi connectivity index (χ0v) is 19.9. The lowest BCUT2D eigenvalue weighted by atomic mass is 10.1. The summed E-state index contributed by atoms with van der Waals surface area (Å²) in [6.07, 6.45) is 1.57. The van der Waals surface area contributed by atoms with Gasteiger partial charge in [-0.15, -0.1) is 0 Å². The van der Waals surface area contributed by atoms with Crippen LogP contribution in [0.2, 0.25) is 0 Å². The molecule has 0 aromatic heterocycles. The van der Waals surface area contributed by atoms with Crippen LogP contribution in [-0.4, -0.2) is 5.91 Å². The first-order chi connectivity index (χ1) is 14.5. The lowest BCUT2D eigenvalue weighted by molar-refractivity contribution is -0.112. The van der Waals surface area contributed by atoms with Crippen molar-refractivity contribution in [3.05, 3.63) is 97.0 Å². The third-order valence-corrected chi connectivity index (χ3v) is 5.71. The maximum atomic E-state index is 12.6. The molecule has 3 aromatic rings. The highest BCUT2D eigenvalue weighted by molar-refractivity contribution is 14.1. The van der Waals surface area contributed by atoms with E-state index in [-0.39, 0.29) is 5.57 Å². The third-order valence-electron chi connectivity index (χ3n) is 4.32. The monoisotopic (exact) mass is 572 g/mol. The molecule has 1 amide bonds. The van der Waals surface area contributed by atoms with E-state index >= 15 is 0 Å². The molecule has 0 spiro atoms. The number of carbonyl (C=O) groups excluding carboxylic acids is 1. The van der Waals surface area contributed by atoms with Gasteiger partial charge in [0.1, 0.15) is 24.0 Å². The van der Waals surface area contributed by atoms with Crippen LogP contribution in [0, 0.1) is 21.8 Å². The molecule has 3 aromatic carbocycles. The molecule has 0 aliphatic heterocycles. The Hall–Kier alpha value is -2.63. The van der Waals surface area contributed by atoms with E-state index in [9.17, 15) is 10.1 Å². The summed E-state index contributed by atoms with van der Waals surface area (Å²) in [5.41, 5.74) is 3.45. The van der Waals surface area contributed by atoms with Gasteiger partial charge in [0.2, 0.25) is 0 Å². The number of nitrogens with zero attached hydrogens (tertiary/aromatic N) is 1. The maximum absolute atomic E-state index is 12.6. The van der Waals surface area contributed by atoms with E-state index < -0.39 is 5.91 Å². The molecule has 3 rings (SSSR count). The molecule has 6 heteroatoms. The molecule has 0 fully saturated rings. The van der Waals surface area contributed by atoms with Gasteiger partial charge in [0.05, 0.1) is 8.04 Å². The average Bonchev–Trinajstić information content (AvgIpc) is 2.73. The van der Waals surface area contributed by atoms with Gasteiger partial charge in [0.25, 0.3) is 5.91 Å². The number of nitrogens with one attached hydrogen (secondary N) is 1. The predicted molar refractivity (Wildman–Crippen MR) is 131 cm³/mol. The maximum Gasteiger partial charge on any atom is 0.266 e. The first-order valence-corrected chi connectivity index (χ1v) is 11.0. The minimum absolute atomic E-state index is 0.0268. The number of hydrogen-bond acceptors (Lipinski definition) is 3. The van der Waals surface area contributed by atoms with E-state index in [1.54, 1.807) is 12.1 Å². The second kappa shape index (κ2) is 10.4. The molecule has 4 nitrogen and oxygen atoms in total. The average molecular weight is 573 g/mol. The summed E-state index contributed by atoms with van der Waals surface area (Å²) in [4.78, 5) is 12.6. The molecule has 0 bridgehead atoms. The fourth-order valence-electron chi connectivity index (χ4n) is 2.75. The lowest BCUT2D eigenvalue weighted by Crippen LogP contribution is -2.14. The van der Waals surface area contributed by atoms with Crippen LogP contribution >= 0.6 is 38.5 Å². The van der Waals surface area contributed by atoms with E-state index in [4.69, 9.17) is 4.74 Å². The van der Waals surface area contributed by atoms with Crippen LogP contribution in [0.5, 0.6) is 5.75 Å². The van der Waals surface area contributed by atoms with E-state index in [1.807, 2.05) is 73.7 Å². The number of anilines is 1. The Morgan fingerprint density at radius 1 is 1.17 bits per heavy atom. The van der Waals surface area contributed by atoms with Crippen molar-refractivity contribution in [2.24, 2.45) is 0 Å². The minimum Gasteiger partial charge on any atom is -0.487 e. The summed E-state index contributed by atoms with van der Waals surface area (Å²) in [5, 5.41) is 12.3. The van der Waals surface area contributed by atoms with Crippen molar-refractivity contribution in [2.75, 3.05) is 5.32 Å². The number of ether oxygens (including phenoxy) is 1. The molecule has 150 valence electrons. The second-order valence-corrected chi connectivity index (χ2v) is 8.54. The number of aryl methyl sites for hydroxylation is 1. The number of benzene rings is 3. The predicted octanol–water partition coefficient (Wildman–Crippen LogP) is 6.49. The van der Waals surface area contributed by atoms with Crippen LogP contribution in [0.15, 0.2) is 76.8 Å². The van der Waals surface area contributed by atoms with Crippen LogP contribution in [0.4, 0.5) is 5.69 Å². The molecule has 1 N–H and O–H groups in total. The van der Waals surface area contributed by atoms with Gasteiger partial charge in [-0.1, -0.05) is 48.5 Å². The molecule has 0 aliphatic carbocycles. The fraction of sp³-hybridized carbons (Fsp3) is 0.0833. The van der Waals surface area contributed by atoms with Crippen molar-refractivity contribution >= 4 is 56.2 Å². The van der Waals surface area contributed by atoms with E-state index in [2.05, 4.69) is 43.8 Å². The Bertz CT molecular complexity index is 1110. The van der Waals surface area contributed by atoms with Gasteiger partial charge >= 0.3 is 0 Å². The second-order valence-electron chi connectivity index (χ2n) is 6.53. The summed E-state index contributed by atoms with van der Waals surface area (Å²) in [6, 6.07) is 23.1. The molecule has 30 heavy (non-hydrogen) atoms. The summed E-state index contributed by atoms with van der Waals surface area (Å²) < 4.78 is 7.59. The SMILES string of the molecule is Cc1ccccc1NC(=O)/C(C#N)=C\c1cc(Br)c(OCc2ccccc2)c(I)c1. The Morgan fingerprint density at radius 2 is 1.87 bits per heavy atom. The summed E-state index contributed by atoms with van der Waals surface area (Å²) in [5.74, 6) is 0.279. The highest BCUT2D eigenvalue weighted by Crippen LogP contribution is 2.33. The van der Waals surface area contributed by atoms with Crippen molar-refractivity contribution < 1.29 is 9.53 Å². The Kier molecular flexibility index (Phi) is 7.66. The van der Waals surface area contributed by atoms with Gasteiger partial charge in [-0.25, -0.2) is 0 Å². The lowest BCUT2D eigenvalue weighted by Gasteiger charge is -2.12. The van der Waals surface area contributed by atoms with Crippen molar-refractivity contribution in [1.29, 1.82) is 5.26 Å². The summed E-state index contributed by atoms with van der Waals surface area (Å²) in [6.45, 7) is 2.35. The molecular weight excluding hydrogens is 555 g/mol. The van der Waals surface area contributed by atoms with Gasteiger partial charge in [0, 0.05) is 5.69 Å². The molecule has 0 heterocycles. The van der Waals surface area contributed by atoms with E-state index in [0.29, 0.717) is 12.3 Å². The number of carbonyl (C=O) groups is 1. The van der Waals surface area contributed by atoms with Crippen LogP contribution in [0.3, 0.4) is 0 Å². The van der Waals surface area contributed by atoms with Crippen molar-refractivity contribution in [3.8, 4) is 11.8 Å². The molecule has 0 unspecified atom stereocenters. The highest BCUT2D eigenvalue weighted by atomic mass is 127. The van der Waals surface area contributed by atoms with Gasteiger partial charge in [-0.3, -0.25) is 4.79 Å². The minimum atomic E-state index is -0.442. The Labute approximate surface area is 197 Å². The smallest absolute Gasteiger partial charge is 0.266 e. The summed E-state index contributed by atoms with van der Waals surface area (Å²) in [7, 11) is 0. The number of hydrogen-bond donors (Lipinski definition) is 1. The van der Waals surface area contributed by atoms with Gasteiger partial charge in [-0.05, 0) is 86.4 Å². The number of halogens is 2. The molecule has 0 saturated carbocycles. The van der Waals surface area contributed by atoms with Gasteiger partial charge in [-0.2, -0.15) is 5.26 Å². The largest absolute Gasteiger partial charge is 0.487 e.